The summed E-state index contributed by atoms with van der Waals surface area (Å²) in [7, 11) is 0. The van der Waals surface area contributed by atoms with Gasteiger partial charge in [-0.25, -0.2) is 0 Å². The summed E-state index contributed by atoms with van der Waals surface area (Å²) < 4.78 is 0. The van der Waals surface area contributed by atoms with Crippen molar-refractivity contribution in [3.8, 4) is 0 Å². The highest BCUT2D eigenvalue weighted by Gasteiger charge is 2.32. The molecule has 1 saturated heterocycles. The predicted molar refractivity (Wildman–Crippen MR) is 77.3 cm³/mol. The van der Waals surface area contributed by atoms with Crippen LogP contribution in [0.5, 0.6) is 0 Å². The molecule has 2 N–H and O–H groups in total. The lowest BCUT2D eigenvalue weighted by atomic mass is 10.1. The maximum atomic E-state index is 12.0. The molecule has 1 aliphatic rings. The Labute approximate surface area is 121 Å². The molecule has 1 aromatic carbocycles. The zero-order chi connectivity index (χ0) is 14.7. The number of carbonyl (C=O) groups is 2. The summed E-state index contributed by atoms with van der Waals surface area (Å²) in [6.45, 7) is 1.68. The molecule has 1 unspecified atom stereocenters. The molecule has 20 heavy (non-hydrogen) atoms. The number of nitrogens with zero attached hydrogens (tertiary/aromatic N) is 1. The van der Waals surface area contributed by atoms with E-state index in [1.807, 2.05) is 0 Å². The lowest BCUT2D eigenvalue weighted by Gasteiger charge is -2.18. The van der Waals surface area contributed by atoms with Crippen molar-refractivity contribution in [3.05, 3.63) is 29.3 Å². The van der Waals surface area contributed by atoms with E-state index >= 15 is 0 Å². The largest absolute Gasteiger partial charge is 0.392 e. The highest BCUT2D eigenvalue weighted by Crippen LogP contribution is 2.30. The first kappa shape index (κ1) is 15.0. The highest BCUT2D eigenvalue weighted by molar-refractivity contribution is 8.14. The van der Waals surface area contributed by atoms with E-state index in [-0.39, 0.29) is 29.5 Å². The Morgan fingerprint density at radius 2 is 1.90 bits per heavy atom. The molecular formula is C14H17NO4S. The fourth-order valence-electron chi connectivity index (χ4n) is 2.32. The molecule has 0 aromatic heterocycles. The van der Waals surface area contributed by atoms with Crippen LogP contribution < -0.4 is 4.90 Å². The Morgan fingerprint density at radius 1 is 1.30 bits per heavy atom. The maximum Gasteiger partial charge on any atom is 0.228 e. The molecule has 0 spiro atoms. The molecule has 1 fully saturated rings. The number of hydrogen-bond donors (Lipinski definition) is 2. The van der Waals surface area contributed by atoms with E-state index in [2.05, 4.69) is 0 Å². The fraction of sp³-hybridized carbons (Fsp3) is 0.429. The van der Waals surface area contributed by atoms with Gasteiger partial charge in [0.25, 0.3) is 0 Å². The first-order chi connectivity index (χ1) is 9.53. The Kier molecular flexibility index (Phi) is 4.80. The van der Waals surface area contributed by atoms with Crippen molar-refractivity contribution in [3.63, 3.8) is 0 Å². The molecular weight excluding hydrogens is 278 g/mol. The Bertz CT molecular complexity index is 510. The van der Waals surface area contributed by atoms with Crippen LogP contribution in [0.1, 0.15) is 24.5 Å². The molecule has 1 amide bonds. The second kappa shape index (κ2) is 6.39. The highest BCUT2D eigenvalue weighted by atomic mass is 32.2. The van der Waals surface area contributed by atoms with Gasteiger partial charge in [0.2, 0.25) is 5.91 Å². The molecule has 6 heteroatoms. The fourth-order valence-corrected chi connectivity index (χ4v) is 3.24. The van der Waals surface area contributed by atoms with Gasteiger partial charge < -0.3 is 15.1 Å². The molecule has 0 aliphatic carbocycles. The average Bonchev–Trinajstić information content (AvgIpc) is 2.78. The van der Waals surface area contributed by atoms with Gasteiger partial charge in [-0.1, -0.05) is 17.8 Å². The minimum Gasteiger partial charge on any atom is -0.392 e. The third-order valence-corrected chi connectivity index (χ3v) is 4.12. The van der Waals surface area contributed by atoms with Crippen molar-refractivity contribution in [2.45, 2.75) is 31.8 Å². The molecule has 1 atom stereocenters. The minimum absolute atomic E-state index is 0.00445. The van der Waals surface area contributed by atoms with E-state index in [0.717, 1.165) is 0 Å². The molecule has 108 valence electrons. The van der Waals surface area contributed by atoms with Gasteiger partial charge in [0.15, 0.2) is 5.12 Å². The number of aliphatic hydroxyl groups excluding tert-OH is 2. The quantitative estimate of drug-likeness (QED) is 0.868. The third-order valence-electron chi connectivity index (χ3n) is 3.14. The van der Waals surface area contributed by atoms with Gasteiger partial charge in [0, 0.05) is 30.8 Å². The molecule has 0 saturated carbocycles. The minimum atomic E-state index is -0.144. The first-order valence-electron chi connectivity index (χ1n) is 6.35. The van der Waals surface area contributed by atoms with Gasteiger partial charge in [0.1, 0.15) is 0 Å². The molecule has 1 aromatic rings. The Hall–Kier alpha value is -1.37. The van der Waals surface area contributed by atoms with Crippen LogP contribution in [-0.4, -0.2) is 33.0 Å². The SMILES string of the molecule is CC(=O)SC1CC(=O)N(c2cc(CO)cc(CO)c2)C1. The summed E-state index contributed by atoms with van der Waals surface area (Å²) in [6, 6.07) is 5.17. The number of anilines is 1. The zero-order valence-corrected chi connectivity index (χ0v) is 12.0. The standard InChI is InChI=1S/C14H17NO4S/c1-9(18)20-13-5-14(19)15(6-13)12-3-10(7-16)2-11(4-12)8-17/h2-4,13,16-17H,5-8H2,1H3. The predicted octanol–water partition coefficient (Wildman–Crippen LogP) is 1.06. The molecule has 1 heterocycles. The van der Waals surface area contributed by atoms with E-state index in [0.29, 0.717) is 29.8 Å². The molecule has 1 aliphatic heterocycles. The lowest BCUT2D eigenvalue weighted by Crippen LogP contribution is -2.25. The summed E-state index contributed by atoms with van der Waals surface area (Å²) >= 11 is 1.18. The van der Waals surface area contributed by atoms with Crippen LogP contribution in [0.25, 0.3) is 0 Å². The van der Waals surface area contributed by atoms with Crippen molar-refractivity contribution in [2.24, 2.45) is 0 Å². The third kappa shape index (κ3) is 3.39. The van der Waals surface area contributed by atoms with Crippen LogP contribution in [0.2, 0.25) is 0 Å². The summed E-state index contributed by atoms with van der Waals surface area (Å²) in [4.78, 5) is 24.8. The van der Waals surface area contributed by atoms with E-state index < -0.39 is 0 Å². The number of thioether (sulfide) groups is 1. The van der Waals surface area contributed by atoms with E-state index in [9.17, 15) is 19.8 Å². The van der Waals surface area contributed by atoms with Crippen molar-refractivity contribution >= 4 is 28.5 Å². The molecule has 0 bridgehead atoms. The van der Waals surface area contributed by atoms with Gasteiger partial charge in [-0.05, 0) is 23.3 Å². The molecule has 0 radical (unpaired) electrons. The Balaban J connectivity index is 2.23. The first-order valence-corrected chi connectivity index (χ1v) is 7.23. The van der Waals surface area contributed by atoms with Gasteiger partial charge in [-0.15, -0.1) is 0 Å². The topological polar surface area (TPSA) is 77.8 Å². The number of amides is 1. The maximum absolute atomic E-state index is 12.0. The number of benzene rings is 1. The van der Waals surface area contributed by atoms with Crippen LogP contribution in [-0.2, 0) is 22.8 Å². The van der Waals surface area contributed by atoms with Gasteiger partial charge >= 0.3 is 0 Å². The number of aliphatic hydroxyl groups is 2. The van der Waals surface area contributed by atoms with E-state index in [4.69, 9.17) is 0 Å². The lowest BCUT2D eigenvalue weighted by molar-refractivity contribution is -0.117. The normalized spacial score (nSPS) is 18.6. The van der Waals surface area contributed by atoms with Gasteiger partial charge in [-0.3, -0.25) is 9.59 Å². The molecule has 5 nitrogen and oxygen atoms in total. The second-order valence-electron chi connectivity index (χ2n) is 4.76. The summed E-state index contributed by atoms with van der Waals surface area (Å²) in [5.74, 6) is -0.0391. The van der Waals surface area contributed by atoms with Crippen molar-refractivity contribution in [1.29, 1.82) is 0 Å². The van der Waals surface area contributed by atoms with Crippen LogP contribution in [0.3, 0.4) is 0 Å². The number of carbonyl (C=O) groups excluding carboxylic acids is 2. The van der Waals surface area contributed by atoms with Crippen LogP contribution in [0.4, 0.5) is 5.69 Å². The summed E-state index contributed by atoms with van der Waals surface area (Å²) in [6.07, 6.45) is 0.335. The zero-order valence-electron chi connectivity index (χ0n) is 11.2. The number of hydrogen-bond acceptors (Lipinski definition) is 5. The molecule has 2 rings (SSSR count). The van der Waals surface area contributed by atoms with Crippen molar-refractivity contribution in [2.75, 3.05) is 11.4 Å². The monoisotopic (exact) mass is 295 g/mol. The van der Waals surface area contributed by atoms with E-state index in [1.54, 1.807) is 23.1 Å². The number of rotatable bonds is 4. The van der Waals surface area contributed by atoms with E-state index in [1.165, 1.54) is 18.7 Å². The summed E-state index contributed by atoms with van der Waals surface area (Å²) in [5.41, 5.74) is 1.97. The second-order valence-corrected chi connectivity index (χ2v) is 6.24. The smallest absolute Gasteiger partial charge is 0.228 e. The van der Waals surface area contributed by atoms with Gasteiger partial charge in [-0.2, -0.15) is 0 Å². The van der Waals surface area contributed by atoms with Crippen LogP contribution in [0.15, 0.2) is 18.2 Å². The van der Waals surface area contributed by atoms with Gasteiger partial charge in [0.05, 0.1) is 13.2 Å². The Morgan fingerprint density at radius 3 is 2.40 bits per heavy atom. The van der Waals surface area contributed by atoms with Crippen molar-refractivity contribution < 1.29 is 19.8 Å². The van der Waals surface area contributed by atoms with Crippen LogP contribution in [0, 0.1) is 0 Å². The van der Waals surface area contributed by atoms with Crippen molar-refractivity contribution in [1.82, 2.24) is 0 Å². The average molecular weight is 295 g/mol. The summed E-state index contributed by atoms with van der Waals surface area (Å²) in [5, 5.41) is 18.4. The van der Waals surface area contributed by atoms with Crippen LogP contribution >= 0.6 is 11.8 Å².